The van der Waals surface area contributed by atoms with Crippen molar-refractivity contribution in [3.63, 3.8) is 0 Å². The number of carboxylic acids is 1. The molecule has 2 N–H and O–H groups in total. The fraction of sp³-hybridized carbons (Fsp3) is 0.375. The first-order valence-corrected chi connectivity index (χ1v) is 7.44. The highest BCUT2D eigenvalue weighted by Gasteiger charge is 2.23. The second kappa shape index (κ2) is 6.19. The molecule has 0 spiro atoms. The van der Waals surface area contributed by atoms with Crippen molar-refractivity contribution in [2.24, 2.45) is 0 Å². The number of fused-ring (bicyclic) bond motifs is 1. The number of aliphatic carboxylic acids is 1. The molecule has 6 nitrogen and oxygen atoms in total. The summed E-state index contributed by atoms with van der Waals surface area (Å²) in [4.78, 5) is 30.2. The van der Waals surface area contributed by atoms with E-state index in [1.165, 1.54) is 0 Å². The van der Waals surface area contributed by atoms with Crippen LogP contribution in [0.15, 0.2) is 30.3 Å². The minimum Gasteiger partial charge on any atom is -0.481 e. The van der Waals surface area contributed by atoms with Crippen LogP contribution in [-0.2, 0) is 4.79 Å². The average Bonchev–Trinajstić information content (AvgIpc) is 2.96. The Morgan fingerprint density at radius 1 is 1.14 bits per heavy atom. The number of carboxylic acid groups (broad SMARTS) is 1. The van der Waals surface area contributed by atoms with E-state index in [4.69, 9.17) is 5.11 Å². The van der Waals surface area contributed by atoms with Gasteiger partial charge >= 0.3 is 5.97 Å². The van der Waals surface area contributed by atoms with Crippen molar-refractivity contribution in [1.29, 1.82) is 0 Å². The average molecular weight is 301 g/mol. The number of carbonyl (C=O) groups is 2. The number of aromatic nitrogens is 1. The maximum Gasteiger partial charge on any atom is 0.304 e. The molecule has 2 aromatic rings. The topological polar surface area (TPSA) is 76.6 Å². The number of nitrogens with zero attached hydrogens (tertiary/aromatic N) is 2. The maximum atomic E-state index is 12.5. The quantitative estimate of drug-likeness (QED) is 0.895. The van der Waals surface area contributed by atoms with Crippen molar-refractivity contribution in [2.75, 3.05) is 32.7 Å². The highest BCUT2D eigenvalue weighted by Crippen LogP contribution is 2.16. The Morgan fingerprint density at radius 2 is 1.86 bits per heavy atom. The first kappa shape index (κ1) is 14.6. The largest absolute Gasteiger partial charge is 0.481 e. The lowest BCUT2D eigenvalue weighted by molar-refractivity contribution is -0.137. The van der Waals surface area contributed by atoms with Crippen LogP contribution in [0.4, 0.5) is 0 Å². The van der Waals surface area contributed by atoms with Gasteiger partial charge in [0.25, 0.3) is 5.91 Å². The number of hydrogen-bond donors (Lipinski definition) is 2. The molecule has 6 heteroatoms. The molecule has 1 saturated heterocycles. The third-order valence-corrected chi connectivity index (χ3v) is 4.06. The van der Waals surface area contributed by atoms with Gasteiger partial charge in [-0.15, -0.1) is 0 Å². The molecule has 0 radical (unpaired) electrons. The molecule has 2 heterocycles. The van der Waals surface area contributed by atoms with Crippen LogP contribution in [0.2, 0.25) is 0 Å². The van der Waals surface area contributed by atoms with Crippen molar-refractivity contribution >= 4 is 22.8 Å². The number of rotatable bonds is 4. The normalized spacial score (nSPS) is 16.1. The number of carbonyl (C=O) groups excluding carboxylic acids is 1. The molecule has 0 bridgehead atoms. The summed E-state index contributed by atoms with van der Waals surface area (Å²) in [5.41, 5.74) is 1.58. The molecule has 1 aliphatic heterocycles. The second-order valence-electron chi connectivity index (χ2n) is 5.55. The van der Waals surface area contributed by atoms with Crippen molar-refractivity contribution < 1.29 is 14.7 Å². The van der Waals surface area contributed by atoms with E-state index in [0.717, 1.165) is 24.0 Å². The van der Waals surface area contributed by atoms with Crippen LogP contribution in [-0.4, -0.2) is 64.5 Å². The van der Waals surface area contributed by atoms with Gasteiger partial charge in [-0.3, -0.25) is 14.5 Å². The zero-order valence-corrected chi connectivity index (χ0v) is 12.3. The number of piperazine rings is 1. The highest BCUT2D eigenvalue weighted by atomic mass is 16.4. The maximum absolute atomic E-state index is 12.5. The summed E-state index contributed by atoms with van der Waals surface area (Å²) in [6, 6.07) is 9.71. The lowest BCUT2D eigenvalue weighted by Gasteiger charge is -2.34. The standard InChI is InChI=1S/C16H19N3O3/c20-15(21)5-6-18-7-9-19(10-8-18)16(22)14-11-12-3-1-2-4-13(12)17-14/h1-4,11,17H,5-10H2,(H,20,21). The van der Waals surface area contributed by atoms with E-state index >= 15 is 0 Å². The van der Waals surface area contributed by atoms with E-state index in [9.17, 15) is 9.59 Å². The van der Waals surface area contributed by atoms with Crippen LogP contribution < -0.4 is 0 Å². The number of hydrogen-bond acceptors (Lipinski definition) is 3. The Balaban J connectivity index is 1.61. The molecule has 0 saturated carbocycles. The molecule has 1 amide bonds. The van der Waals surface area contributed by atoms with Gasteiger partial charge in [0.15, 0.2) is 0 Å². The molecule has 116 valence electrons. The molecule has 1 aromatic carbocycles. The Kier molecular flexibility index (Phi) is 4.11. The van der Waals surface area contributed by atoms with Crippen LogP contribution >= 0.6 is 0 Å². The Hall–Kier alpha value is -2.34. The van der Waals surface area contributed by atoms with Gasteiger partial charge < -0.3 is 15.0 Å². The Morgan fingerprint density at radius 3 is 2.55 bits per heavy atom. The molecule has 0 unspecified atom stereocenters. The van der Waals surface area contributed by atoms with Gasteiger partial charge in [0.2, 0.25) is 0 Å². The van der Waals surface area contributed by atoms with E-state index in [-0.39, 0.29) is 12.3 Å². The monoisotopic (exact) mass is 301 g/mol. The van der Waals surface area contributed by atoms with Gasteiger partial charge in [0, 0.05) is 43.6 Å². The van der Waals surface area contributed by atoms with Crippen LogP contribution in [0.5, 0.6) is 0 Å². The molecule has 1 fully saturated rings. The SMILES string of the molecule is O=C(O)CCN1CCN(C(=O)c2cc3ccccc3[nH]2)CC1. The van der Waals surface area contributed by atoms with E-state index < -0.39 is 5.97 Å². The molecular weight excluding hydrogens is 282 g/mol. The predicted octanol–water partition coefficient (Wildman–Crippen LogP) is 1.40. The third-order valence-electron chi connectivity index (χ3n) is 4.06. The van der Waals surface area contributed by atoms with Crippen molar-refractivity contribution in [3.05, 3.63) is 36.0 Å². The van der Waals surface area contributed by atoms with Crippen LogP contribution in [0.1, 0.15) is 16.9 Å². The lowest BCUT2D eigenvalue weighted by Crippen LogP contribution is -2.49. The van der Waals surface area contributed by atoms with Gasteiger partial charge in [-0.2, -0.15) is 0 Å². The van der Waals surface area contributed by atoms with Crippen molar-refractivity contribution in [1.82, 2.24) is 14.8 Å². The second-order valence-corrected chi connectivity index (χ2v) is 5.55. The summed E-state index contributed by atoms with van der Waals surface area (Å²) in [6.07, 6.45) is 0.149. The summed E-state index contributed by atoms with van der Waals surface area (Å²) in [5.74, 6) is -0.773. The minimum atomic E-state index is -0.781. The molecule has 1 aliphatic rings. The van der Waals surface area contributed by atoms with E-state index in [1.807, 2.05) is 35.2 Å². The fourth-order valence-electron chi connectivity index (χ4n) is 2.79. The van der Waals surface area contributed by atoms with Crippen LogP contribution in [0, 0.1) is 0 Å². The number of H-pyrrole nitrogens is 1. The smallest absolute Gasteiger partial charge is 0.304 e. The summed E-state index contributed by atoms with van der Waals surface area (Å²) in [6.45, 7) is 3.25. The van der Waals surface area contributed by atoms with Gasteiger partial charge in [-0.1, -0.05) is 18.2 Å². The number of aromatic amines is 1. The summed E-state index contributed by atoms with van der Waals surface area (Å²) in [5, 5.41) is 9.74. The summed E-state index contributed by atoms with van der Waals surface area (Å²) < 4.78 is 0. The highest BCUT2D eigenvalue weighted by molar-refractivity contribution is 5.98. The summed E-state index contributed by atoms with van der Waals surface area (Å²) in [7, 11) is 0. The molecule has 3 rings (SSSR count). The predicted molar refractivity (Wildman–Crippen MR) is 82.9 cm³/mol. The Bertz CT molecular complexity index is 654. The first-order chi connectivity index (χ1) is 10.6. The zero-order chi connectivity index (χ0) is 15.5. The van der Waals surface area contributed by atoms with E-state index in [1.54, 1.807) is 0 Å². The molecule has 22 heavy (non-hydrogen) atoms. The van der Waals surface area contributed by atoms with Gasteiger partial charge in [-0.05, 0) is 12.1 Å². The molecular formula is C16H19N3O3. The lowest BCUT2D eigenvalue weighted by atomic mass is 10.2. The fourth-order valence-corrected chi connectivity index (χ4v) is 2.79. The Labute approximate surface area is 128 Å². The molecule has 0 aliphatic carbocycles. The first-order valence-electron chi connectivity index (χ1n) is 7.44. The van der Waals surface area contributed by atoms with Gasteiger partial charge in [-0.25, -0.2) is 0 Å². The van der Waals surface area contributed by atoms with Gasteiger partial charge in [0.1, 0.15) is 5.69 Å². The number of amides is 1. The van der Waals surface area contributed by atoms with Crippen LogP contribution in [0.25, 0.3) is 10.9 Å². The third kappa shape index (κ3) is 3.12. The number of nitrogens with one attached hydrogen (secondary N) is 1. The number of benzene rings is 1. The minimum absolute atomic E-state index is 0.00841. The van der Waals surface area contributed by atoms with Crippen molar-refractivity contribution in [2.45, 2.75) is 6.42 Å². The number of para-hydroxylation sites is 1. The van der Waals surface area contributed by atoms with Crippen molar-refractivity contribution in [3.8, 4) is 0 Å². The summed E-state index contributed by atoms with van der Waals surface area (Å²) >= 11 is 0. The van der Waals surface area contributed by atoms with E-state index in [2.05, 4.69) is 9.88 Å². The van der Waals surface area contributed by atoms with E-state index in [0.29, 0.717) is 25.3 Å². The molecule has 0 atom stereocenters. The molecule has 1 aromatic heterocycles. The van der Waals surface area contributed by atoms with Crippen LogP contribution in [0.3, 0.4) is 0 Å². The zero-order valence-electron chi connectivity index (χ0n) is 12.3. The van der Waals surface area contributed by atoms with Gasteiger partial charge in [0.05, 0.1) is 6.42 Å².